The maximum atomic E-state index is 13.2. The van der Waals surface area contributed by atoms with E-state index in [-0.39, 0.29) is 0 Å². The Hall–Kier alpha value is -1.77. The molecule has 0 heterocycles. The molecule has 2 aromatic carbocycles. The lowest BCUT2D eigenvalue weighted by Gasteiger charge is -2.30. The Morgan fingerprint density at radius 2 is 1.22 bits per heavy atom. The molecule has 2 aromatic rings. The highest BCUT2D eigenvalue weighted by Gasteiger charge is 2.39. The summed E-state index contributed by atoms with van der Waals surface area (Å²) in [6.45, 7) is 5.88. The van der Waals surface area contributed by atoms with E-state index in [0.29, 0.717) is 24.3 Å². The van der Waals surface area contributed by atoms with Gasteiger partial charge in [-0.15, -0.1) is 0 Å². The molecular formula is C18H23O4P. The van der Waals surface area contributed by atoms with Crippen molar-refractivity contribution in [1.82, 2.24) is 0 Å². The summed E-state index contributed by atoms with van der Waals surface area (Å²) in [6, 6.07) is 17.8. The molecule has 0 bridgehead atoms. The van der Waals surface area contributed by atoms with Crippen LogP contribution in [-0.2, 0) is 9.09 Å². The molecular weight excluding hydrogens is 311 g/mol. The fraction of sp³-hybridized carbons (Fsp3) is 0.333. The molecule has 0 aliphatic rings. The standard InChI is InChI=1S/C18H23O4P/c1-4-18(3,5-2)22-23(19,20-16-12-8-6-9-13-16)21-17-14-10-7-11-15-17/h6-15H,4-5H2,1-3H3. The molecule has 124 valence electrons. The molecule has 0 saturated heterocycles. The molecule has 2 rings (SSSR count). The predicted molar refractivity (Wildman–Crippen MR) is 91.8 cm³/mol. The van der Waals surface area contributed by atoms with E-state index >= 15 is 0 Å². The molecule has 0 spiro atoms. The van der Waals surface area contributed by atoms with Crippen LogP contribution >= 0.6 is 7.82 Å². The van der Waals surface area contributed by atoms with Gasteiger partial charge in [-0.1, -0.05) is 50.2 Å². The van der Waals surface area contributed by atoms with E-state index in [9.17, 15) is 4.57 Å². The first-order valence-corrected chi connectivity index (χ1v) is 9.25. The van der Waals surface area contributed by atoms with E-state index in [1.54, 1.807) is 48.5 Å². The second kappa shape index (κ2) is 7.67. The summed E-state index contributed by atoms with van der Waals surface area (Å²) < 4.78 is 30.3. The van der Waals surface area contributed by atoms with Crippen molar-refractivity contribution >= 4 is 7.82 Å². The molecule has 5 heteroatoms. The van der Waals surface area contributed by atoms with E-state index in [2.05, 4.69) is 0 Å². The van der Waals surface area contributed by atoms with Crippen LogP contribution in [0.1, 0.15) is 33.6 Å². The SMILES string of the molecule is CCC(C)(CC)OP(=O)(Oc1ccccc1)Oc1ccccc1. The topological polar surface area (TPSA) is 44.8 Å². The average Bonchev–Trinajstić information content (AvgIpc) is 2.56. The first kappa shape index (κ1) is 17.6. The van der Waals surface area contributed by atoms with E-state index < -0.39 is 13.4 Å². The van der Waals surface area contributed by atoms with E-state index in [1.807, 2.05) is 32.9 Å². The van der Waals surface area contributed by atoms with E-state index in [1.165, 1.54) is 0 Å². The van der Waals surface area contributed by atoms with Gasteiger partial charge in [0.2, 0.25) is 0 Å². The molecule has 0 aliphatic carbocycles. The summed E-state index contributed by atoms with van der Waals surface area (Å²) >= 11 is 0. The summed E-state index contributed by atoms with van der Waals surface area (Å²) in [6.07, 6.45) is 1.40. The number of phosphoric ester groups is 1. The molecule has 0 unspecified atom stereocenters. The maximum Gasteiger partial charge on any atom is 0.588 e. The normalized spacial score (nSPS) is 12.0. The summed E-state index contributed by atoms with van der Waals surface area (Å²) in [5, 5.41) is 0. The van der Waals surface area contributed by atoms with Crippen LogP contribution in [0, 0.1) is 0 Å². The van der Waals surface area contributed by atoms with Crippen LogP contribution in [-0.4, -0.2) is 5.60 Å². The lowest BCUT2D eigenvalue weighted by Crippen LogP contribution is -2.27. The predicted octanol–water partition coefficient (Wildman–Crippen LogP) is 5.85. The Labute approximate surface area is 138 Å². The monoisotopic (exact) mass is 334 g/mol. The van der Waals surface area contributed by atoms with Crippen molar-refractivity contribution in [2.75, 3.05) is 0 Å². The highest BCUT2D eigenvalue weighted by Crippen LogP contribution is 2.53. The minimum Gasteiger partial charge on any atom is -0.395 e. The van der Waals surface area contributed by atoms with Gasteiger partial charge in [-0.3, -0.25) is 4.52 Å². The maximum absolute atomic E-state index is 13.2. The quantitative estimate of drug-likeness (QED) is 0.568. The molecule has 0 aliphatic heterocycles. The fourth-order valence-corrected chi connectivity index (χ4v) is 3.60. The Morgan fingerprint density at radius 3 is 1.57 bits per heavy atom. The number of phosphoric acid groups is 1. The van der Waals surface area contributed by atoms with Gasteiger partial charge >= 0.3 is 7.82 Å². The molecule has 0 atom stereocenters. The van der Waals surface area contributed by atoms with Gasteiger partial charge in [-0.05, 0) is 44.0 Å². The molecule has 0 N–H and O–H groups in total. The van der Waals surface area contributed by atoms with E-state index in [4.69, 9.17) is 13.6 Å². The Kier molecular flexibility index (Phi) is 5.86. The molecule has 0 amide bonds. The van der Waals surface area contributed by atoms with Crippen LogP contribution in [0.2, 0.25) is 0 Å². The van der Waals surface area contributed by atoms with Gasteiger partial charge < -0.3 is 9.05 Å². The van der Waals surface area contributed by atoms with Crippen molar-refractivity contribution in [3.63, 3.8) is 0 Å². The molecule has 4 nitrogen and oxygen atoms in total. The van der Waals surface area contributed by atoms with Crippen molar-refractivity contribution in [2.45, 2.75) is 39.2 Å². The lowest BCUT2D eigenvalue weighted by atomic mass is 10.0. The summed E-state index contributed by atoms with van der Waals surface area (Å²) in [7, 11) is -3.82. The molecule has 0 aromatic heterocycles. The number of para-hydroxylation sites is 2. The van der Waals surface area contributed by atoms with Crippen LogP contribution in [0.15, 0.2) is 60.7 Å². The van der Waals surface area contributed by atoms with Crippen LogP contribution in [0.4, 0.5) is 0 Å². The molecule has 0 radical (unpaired) electrons. The number of hydrogen-bond donors (Lipinski definition) is 0. The first-order valence-electron chi connectivity index (χ1n) is 7.79. The second-order valence-corrected chi connectivity index (χ2v) is 6.95. The molecule has 0 fully saturated rings. The highest BCUT2D eigenvalue weighted by atomic mass is 31.2. The number of hydrogen-bond acceptors (Lipinski definition) is 4. The Balaban J connectivity index is 2.28. The number of benzene rings is 2. The lowest BCUT2D eigenvalue weighted by molar-refractivity contribution is 0.0486. The van der Waals surface area contributed by atoms with Gasteiger partial charge in [0.15, 0.2) is 0 Å². The fourth-order valence-electron chi connectivity index (χ4n) is 1.93. The third kappa shape index (κ3) is 5.12. The van der Waals surface area contributed by atoms with Crippen LogP contribution in [0.5, 0.6) is 11.5 Å². The van der Waals surface area contributed by atoms with Crippen molar-refractivity contribution < 1.29 is 18.1 Å². The van der Waals surface area contributed by atoms with Gasteiger partial charge in [0, 0.05) is 0 Å². The van der Waals surface area contributed by atoms with Crippen LogP contribution < -0.4 is 9.05 Å². The average molecular weight is 334 g/mol. The Morgan fingerprint density at radius 1 is 0.826 bits per heavy atom. The number of rotatable bonds is 8. The highest BCUT2D eigenvalue weighted by molar-refractivity contribution is 7.49. The van der Waals surface area contributed by atoms with E-state index in [0.717, 1.165) is 0 Å². The minimum atomic E-state index is -3.82. The summed E-state index contributed by atoms with van der Waals surface area (Å²) in [5.74, 6) is 0.891. The summed E-state index contributed by atoms with van der Waals surface area (Å²) in [5.41, 5.74) is -0.584. The third-order valence-corrected chi connectivity index (χ3v) is 5.28. The van der Waals surface area contributed by atoms with Crippen molar-refractivity contribution in [3.8, 4) is 11.5 Å². The minimum absolute atomic E-state index is 0.446. The van der Waals surface area contributed by atoms with Crippen LogP contribution in [0.25, 0.3) is 0 Å². The van der Waals surface area contributed by atoms with Gasteiger partial charge in [0.05, 0.1) is 5.60 Å². The zero-order valence-electron chi connectivity index (χ0n) is 13.8. The van der Waals surface area contributed by atoms with Gasteiger partial charge in [0.25, 0.3) is 0 Å². The van der Waals surface area contributed by atoms with Gasteiger partial charge in [0.1, 0.15) is 11.5 Å². The zero-order chi connectivity index (χ0) is 16.8. The van der Waals surface area contributed by atoms with Gasteiger partial charge in [-0.25, -0.2) is 4.57 Å². The van der Waals surface area contributed by atoms with Crippen molar-refractivity contribution in [2.24, 2.45) is 0 Å². The molecule has 23 heavy (non-hydrogen) atoms. The van der Waals surface area contributed by atoms with Crippen molar-refractivity contribution in [1.29, 1.82) is 0 Å². The van der Waals surface area contributed by atoms with Gasteiger partial charge in [-0.2, -0.15) is 0 Å². The Bertz CT molecular complexity index is 593. The smallest absolute Gasteiger partial charge is 0.395 e. The molecule has 0 saturated carbocycles. The summed E-state index contributed by atoms with van der Waals surface area (Å²) in [4.78, 5) is 0. The van der Waals surface area contributed by atoms with Crippen LogP contribution in [0.3, 0.4) is 0 Å². The first-order chi connectivity index (χ1) is 11.0. The zero-order valence-corrected chi connectivity index (χ0v) is 14.7. The third-order valence-electron chi connectivity index (χ3n) is 3.75. The largest absolute Gasteiger partial charge is 0.588 e. The van der Waals surface area contributed by atoms with Crippen molar-refractivity contribution in [3.05, 3.63) is 60.7 Å². The second-order valence-electron chi connectivity index (χ2n) is 5.50.